The molecule has 0 aromatic heterocycles. The molecule has 1 aliphatic carbocycles. The second-order valence-corrected chi connectivity index (χ2v) is 10.3. The zero-order chi connectivity index (χ0) is 23.5. The van der Waals surface area contributed by atoms with Crippen molar-refractivity contribution in [1.82, 2.24) is 4.90 Å². The van der Waals surface area contributed by atoms with Crippen LogP contribution in [-0.2, 0) is 26.3 Å². The first kappa shape index (κ1) is 24.1. The highest BCUT2D eigenvalue weighted by molar-refractivity contribution is 7.87. The van der Waals surface area contributed by atoms with Gasteiger partial charge < -0.3 is 14.4 Å². The fourth-order valence-electron chi connectivity index (χ4n) is 3.28. The number of nitrogens with one attached hydrogen (secondary N) is 1. The van der Waals surface area contributed by atoms with Crippen LogP contribution in [0.1, 0.15) is 45.6 Å². The Balaban J connectivity index is 1.84. The molecule has 0 spiro atoms. The van der Waals surface area contributed by atoms with E-state index in [1.807, 2.05) is 13.8 Å². The molecule has 0 radical (unpaired) electrons. The molecular weight excluding hydrogens is 452 g/mol. The minimum absolute atomic E-state index is 0.0323. The fraction of sp³-hybridized carbons (Fsp3) is 0.391. The van der Waals surface area contributed by atoms with Gasteiger partial charge in [0.2, 0.25) is 11.8 Å². The van der Waals surface area contributed by atoms with Gasteiger partial charge >= 0.3 is 10.1 Å². The van der Waals surface area contributed by atoms with E-state index in [0.717, 1.165) is 12.8 Å². The fourth-order valence-corrected chi connectivity index (χ4v) is 4.44. The van der Waals surface area contributed by atoms with Crippen molar-refractivity contribution in [2.75, 3.05) is 5.32 Å². The van der Waals surface area contributed by atoms with Crippen molar-refractivity contribution in [2.45, 2.75) is 57.5 Å². The van der Waals surface area contributed by atoms with Crippen LogP contribution in [0.15, 0.2) is 47.4 Å². The van der Waals surface area contributed by atoms with Crippen molar-refractivity contribution in [1.29, 1.82) is 0 Å². The smallest absolute Gasteiger partial charge is 0.339 e. The summed E-state index contributed by atoms with van der Waals surface area (Å²) < 4.78 is 31.2. The highest BCUT2D eigenvalue weighted by atomic mass is 35.5. The number of carbonyl (C=O) groups is 2. The Morgan fingerprint density at radius 1 is 1.16 bits per heavy atom. The SMILES string of the molecule is CC(=O)Nc1ccc(S(=O)(=O)Oc2ccc(Cl)cc2CN(C(=O)CC(C)C)C2CC2)cc1. The molecule has 3 rings (SSSR count). The molecule has 0 aliphatic heterocycles. The van der Waals surface area contributed by atoms with E-state index in [1.54, 1.807) is 17.0 Å². The summed E-state index contributed by atoms with van der Waals surface area (Å²) in [5.41, 5.74) is 1.01. The quantitative estimate of drug-likeness (QED) is 0.531. The molecular formula is C23H27ClN2O5S. The Morgan fingerprint density at radius 2 is 1.81 bits per heavy atom. The molecule has 9 heteroatoms. The summed E-state index contributed by atoms with van der Waals surface area (Å²) in [7, 11) is -4.13. The molecule has 32 heavy (non-hydrogen) atoms. The van der Waals surface area contributed by atoms with Crippen LogP contribution in [0.3, 0.4) is 0 Å². The van der Waals surface area contributed by atoms with Crippen LogP contribution in [0, 0.1) is 5.92 Å². The number of halogens is 1. The van der Waals surface area contributed by atoms with Crippen LogP contribution in [0.25, 0.3) is 0 Å². The Bertz CT molecular complexity index is 1100. The molecule has 0 heterocycles. The van der Waals surface area contributed by atoms with Gasteiger partial charge in [0.1, 0.15) is 10.6 Å². The molecule has 0 saturated heterocycles. The molecule has 172 valence electrons. The largest absolute Gasteiger partial charge is 0.379 e. The zero-order valence-corrected chi connectivity index (χ0v) is 19.9. The molecule has 2 aromatic carbocycles. The van der Waals surface area contributed by atoms with Gasteiger partial charge in [0.15, 0.2) is 0 Å². The van der Waals surface area contributed by atoms with Gasteiger partial charge in [-0.1, -0.05) is 25.4 Å². The van der Waals surface area contributed by atoms with Gasteiger partial charge in [-0.15, -0.1) is 0 Å². The lowest BCUT2D eigenvalue weighted by molar-refractivity contribution is -0.133. The summed E-state index contributed by atoms with van der Waals surface area (Å²) in [5.74, 6) is 0.128. The summed E-state index contributed by atoms with van der Waals surface area (Å²) in [5, 5.41) is 3.01. The van der Waals surface area contributed by atoms with Crippen molar-refractivity contribution in [2.24, 2.45) is 5.92 Å². The third kappa shape index (κ3) is 6.46. The number of hydrogen-bond donors (Lipinski definition) is 1. The zero-order valence-electron chi connectivity index (χ0n) is 18.3. The van der Waals surface area contributed by atoms with Gasteiger partial charge in [-0.3, -0.25) is 9.59 Å². The maximum Gasteiger partial charge on any atom is 0.339 e. The highest BCUT2D eigenvalue weighted by Gasteiger charge is 2.33. The second-order valence-electron chi connectivity index (χ2n) is 8.35. The van der Waals surface area contributed by atoms with E-state index in [0.29, 0.717) is 22.7 Å². The normalized spacial score (nSPS) is 13.7. The summed E-state index contributed by atoms with van der Waals surface area (Å²) in [6.45, 7) is 5.57. The van der Waals surface area contributed by atoms with E-state index < -0.39 is 10.1 Å². The predicted molar refractivity (Wildman–Crippen MR) is 123 cm³/mol. The van der Waals surface area contributed by atoms with Crippen molar-refractivity contribution < 1.29 is 22.2 Å². The third-order valence-electron chi connectivity index (χ3n) is 4.92. The monoisotopic (exact) mass is 478 g/mol. The van der Waals surface area contributed by atoms with Crippen LogP contribution in [-0.4, -0.2) is 31.2 Å². The molecule has 7 nitrogen and oxygen atoms in total. The van der Waals surface area contributed by atoms with Gasteiger partial charge in [-0.2, -0.15) is 8.42 Å². The standard InChI is InChI=1S/C23H27ClN2O5S/c1-15(2)12-23(28)26(20-7-8-20)14-17-13-18(24)4-11-22(17)31-32(29,30)21-9-5-19(6-10-21)25-16(3)27/h4-6,9-11,13,15,20H,7-8,12,14H2,1-3H3,(H,25,27). The predicted octanol–water partition coefficient (Wildman–Crippen LogP) is 4.60. The third-order valence-corrected chi connectivity index (χ3v) is 6.40. The Labute approximate surface area is 193 Å². The minimum Gasteiger partial charge on any atom is -0.379 e. The Kier molecular flexibility index (Phi) is 7.46. The summed E-state index contributed by atoms with van der Waals surface area (Å²) in [6.07, 6.45) is 2.28. The van der Waals surface area contributed by atoms with Gasteiger partial charge in [0.05, 0.1) is 0 Å². The van der Waals surface area contributed by atoms with Gasteiger partial charge in [0.25, 0.3) is 0 Å². The van der Waals surface area contributed by atoms with Crippen LogP contribution in [0.5, 0.6) is 5.75 Å². The lowest BCUT2D eigenvalue weighted by Crippen LogP contribution is -2.33. The van der Waals surface area contributed by atoms with Gasteiger partial charge in [0, 0.05) is 42.2 Å². The first-order valence-electron chi connectivity index (χ1n) is 10.4. The van der Waals surface area contributed by atoms with E-state index in [1.165, 1.54) is 37.3 Å². The second kappa shape index (κ2) is 9.92. The number of nitrogens with zero attached hydrogens (tertiary/aromatic N) is 1. The van der Waals surface area contributed by atoms with Crippen molar-refractivity contribution in [3.05, 3.63) is 53.1 Å². The van der Waals surface area contributed by atoms with Crippen molar-refractivity contribution in [3.63, 3.8) is 0 Å². The Morgan fingerprint density at radius 3 is 2.38 bits per heavy atom. The number of rotatable bonds is 9. The van der Waals surface area contributed by atoms with E-state index >= 15 is 0 Å². The molecule has 0 atom stereocenters. The van der Waals surface area contributed by atoms with Crippen LogP contribution in [0.4, 0.5) is 5.69 Å². The van der Waals surface area contributed by atoms with E-state index in [4.69, 9.17) is 15.8 Å². The van der Waals surface area contributed by atoms with E-state index in [9.17, 15) is 18.0 Å². The number of anilines is 1. The Hall–Kier alpha value is -2.58. The lowest BCUT2D eigenvalue weighted by atomic mass is 10.1. The first-order valence-corrected chi connectivity index (χ1v) is 12.2. The van der Waals surface area contributed by atoms with Gasteiger partial charge in [-0.25, -0.2) is 0 Å². The summed E-state index contributed by atoms with van der Waals surface area (Å²) in [4.78, 5) is 25.6. The van der Waals surface area contributed by atoms with E-state index in [2.05, 4.69) is 5.32 Å². The molecule has 1 N–H and O–H groups in total. The summed E-state index contributed by atoms with van der Waals surface area (Å²) in [6, 6.07) is 10.5. The maximum absolute atomic E-state index is 12.9. The number of carbonyl (C=O) groups excluding carboxylic acids is 2. The first-order chi connectivity index (χ1) is 15.0. The molecule has 0 bridgehead atoms. The lowest BCUT2D eigenvalue weighted by Gasteiger charge is -2.24. The average Bonchev–Trinajstić information content (AvgIpc) is 3.52. The number of benzene rings is 2. The number of hydrogen-bond acceptors (Lipinski definition) is 5. The molecule has 1 saturated carbocycles. The van der Waals surface area contributed by atoms with Crippen molar-refractivity contribution in [3.8, 4) is 5.75 Å². The minimum atomic E-state index is -4.13. The molecule has 1 aliphatic rings. The van der Waals surface area contributed by atoms with Crippen LogP contribution >= 0.6 is 11.6 Å². The number of amides is 2. The maximum atomic E-state index is 12.9. The topological polar surface area (TPSA) is 92.8 Å². The van der Waals surface area contributed by atoms with E-state index in [-0.39, 0.29) is 41.0 Å². The van der Waals surface area contributed by atoms with Crippen LogP contribution in [0.2, 0.25) is 5.02 Å². The highest BCUT2D eigenvalue weighted by Crippen LogP contribution is 2.33. The molecule has 2 aromatic rings. The molecule has 1 fully saturated rings. The molecule has 2 amide bonds. The summed E-state index contributed by atoms with van der Waals surface area (Å²) >= 11 is 6.16. The van der Waals surface area contributed by atoms with Gasteiger partial charge in [-0.05, 0) is 61.2 Å². The van der Waals surface area contributed by atoms with Crippen LogP contribution < -0.4 is 9.50 Å². The average molecular weight is 479 g/mol. The van der Waals surface area contributed by atoms with Crippen molar-refractivity contribution >= 4 is 39.2 Å². The molecule has 0 unspecified atom stereocenters.